The zero-order chi connectivity index (χ0) is 13.8. The van der Waals surface area contributed by atoms with Gasteiger partial charge >= 0.3 is 0 Å². The molecule has 18 heavy (non-hydrogen) atoms. The van der Waals surface area contributed by atoms with Gasteiger partial charge in [-0.3, -0.25) is 9.59 Å². The van der Waals surface area contributed by atoms with Gasteiger partial charge < -0.3 is 0 Å². The van der Waals surface area contributed by atoms with Gasteiger partial charge in [0, 0.05) is 11.1 Å². The average Bonchev–Trinajstić information content (AvgIpc) is 2.64. The summed E-state index contributed by atoms with van der Waals surface area (Å²) in [5.74, 6) is -1.12. The van der Waals surface area contributed by atoms with Crippen molar-refractivity contribution in [2.75, 3.05) is 0 Å². The van der Waals surface area contributed by atoms with Crippen LogP contribution >= 0.6 is 69.6 Å². The van der Waals surface area contributed by atoms with Crippen molar-refractivity contribution in [1.29, 1.82) is 0 Å². The summed E-state index contributed by atoms with van der Waals surface area (Å²) < 4.78 is 0. The summed E-state index contributed by atoms with van der Waals surface area (Å²) in [6.07, 6.45) is 0. The SMILES string of the molecule is O=C1C(Cl)=C(Cl)/C(=C2\C(Cl)=C(Cl)C(=O)[C@@H]2Cl)[C@@H]1Cl. The summed E-state index contributed by atoms with van der Waals surface area (Å²) >= 11 is 35.1. The fourth-order valence-electron chi connectivity index (χ4n) is 1.67. The van der Waals surface area contributed by atoms with E-state index in [2.05, 4.69) is 0 Å². The first-order chi connectivity index (χ1) is 8.29. The minimum atomic E-state index is -1.12. The maximum atomic E-state index is 11.6. The van der Waals surface area contributed by atoms with E-state index in [1.54, 1.807) is 0 Å². The van der Waals surface area contributed by atoms with Crippen LogP contribution in [0.3, 0.4) is 0 Å². The van der Waals surface area contributed by atoms with Crippen molar-refractivity contribution in [1.82, 2.24) is 0 Å². The lowest BCUT2D eigenvalue weighted by Crippen LogP contribution is -2.16. The normalized spacial score (nSPS) is 33.2. The molecule has 0 N–H and O–H groups in total. The van der Waals surface area contributed by atoms with E-state index in [1.165, 1.54) is 0 Å². The molecule has 0 amide bonds. The Morgan fingerprint density at radius 1 is 0.611 bits per heavy atom. The predicted octanol–water partition coefficient (Wildman–Crippen LogP) is 4.04. The van der Waals surface area contributed by atoms with Crippen LogP contribution < -0.4 is 0 Å². The Morgan fingerprint density at radius 3 is 1.06 bits per heavy atom. The number of Topliss-reactive ketones (excluding diaryl/α,β-unsaturated/α-hetero) is 2. The summed E-state index contributed by atoms with van der Waals surface area (Å²) in [5.41, 5.74) is 0.282. The van der Waals surface area contributed by atoms with E-state index in [-0.39, 0.29) is 31.3 Å². The van der Waals surface area contributed by atoms with Crippen LogP contribution in [0.1, 0.15) is 0 Å². The van der Waals surface area contributed by atoms with Crippen LogP contribution in [0.15, 0.2) is 31.3 Å². The number of allylic oxidation sites excluding steroid dienone is 6. The van der Waals surface area contributed by atoms with Gasteiger partial charge in [-0.2, -0.15) is 0 Å². The minimum Gasteiger partial charge on any atom is -0.291 e. The molecule has 0 saturated heterocycles. The van der Waals surface area contributed by atoms with Gasteiger partial charge in [-0.25, -0.2) is 0 Å². The van der Waals surface area contributed by atoms with Gasteiger partial charge in [0.25, 0.3) is 0 Å². The van der Waals surface area contributed by atoms with Gasteiger partial charge in [-0.05, 0) is 0 Å². The molecule has 0 unspecified atom stereocenters. The topological polar surface area (TPSA) is 34.1 Å². The van der Waals surface area contributed by atoms with Crippen molar-refractivity contribution in [3.63, 3.8) is 0 Å². The van der Waals surface area contributed by atoms with E-state index in [1.807, 2.05) is 0 Å². The van der Waals surface area contributed by atoms with Crippen LogP contribution in [-0.4, -0.2) is 22.3 Å². The predicted molar refractivity (Wildman–Crippen MR) is 73.8 cm³/mol. The molecule has 0 fully saturated rings. The Bertz CT molecular complexity index is 521. The highest BCUT2D eigenvalue weighted by Crippen LogP contribution is 2.47. The lowest BCUT2D eigenvalue weighted by atomic mass is 10.1. The molecule has 2 nitrogen and oxygen atoms in total. The Morgan fingerprint density at radius 2 is 0.889 bits per heavy atom. The lowest BCUT2D eigenvalue weighted by molar-refractivity contribution is -0.114. The van der Waals surface area contributed by atoms with Crippen LogP contribution in [-0.2, 0) is 9.59 Å². The van der Waals surface area contributed by atoms with E-state index in [0.29, 0.717) is 0 Å². The summed E-state index contributed by atoms with van der Waals surface area (Å²) in [6.45, 7) is 0. The molecule has 8 heteroatoms. The molecule has 0 aromatic rings. The monoisotopic (exact) mass is 364 g/mol. The number of carbonyl (C=O) groups excluding carboxylic acids is 2. The van der Waals surface area contributed by atoms with E-state index < -0.39 is 22.3 Å². The van der Waals surface area contributed by atoms with Crippen molar-refractivity contribution in [3.05, 3.63) is 31.3 Å². The van der Waals surface area contributed by atoms with Gasteiger partial charge in [0.2, 0.25) is 0 Å². The van der Waals surface area contributed by atoms with E-state index in [9.17, 15) is 9.59 Å². The third-order valence-electron chi connectivity index (χ3n) is 2.55. The molecule has 0 aromatic carbocycles. The molecule has 2 rings (SSSR count). The zero-order valence-corrected chi connectivity index (χ0v) is 12.8. The quantitative estimate of drug-likeness (QED) is 0.606. The molecule has 2 aliphatic carbocycles. The van der Waals surface area contributed by atoms with E-state index >= 15 is 0 Å². The molecule has 0 spiro atoms. The summed E-state index contributed by atoms with van der Waals surface area (Å²) in [5, 5.41) is -2.76. The Kier molecular flexibility index (Phi) is 4.09. The smallest absolute Gasteiger partial charge is 0.198 e. The lowest BCUT2D eigenvalue weighted by Gasteiger charge is -2.11. The number of alkyl halides is 2. The first-order valence-corrected chi connectivity index (χ1v) is 6.89. The van der Waals surface area contributed by atoms with Gasteiger partial charge in [-0.15, -0.1) is 23.2 Å². The maximum Gasteiger partial charge on any atom is 0.198 e. The van der Waals surface area contributed by atoms with Gasteiger partial charge in [0.1, 0.15) is 20.8 Å². The molecule has 0 aromatic heterocycles. The highest BCUT2D eigenvalue weighted by atomic mass is 35.5. The molecule has 0 aliphatic heterocycles. The standard InChI is InChI=1S/C10H2Cl6O2/c11-3-1(5(13)9(17)7(3)15)2-4(12)8(16)10(18)6(2)14/h5-6H/b2-1-/t5-,6+. The first kappa shape index (κ1) is 14.7. The highest BCUT2D eigenvalue weighted by Gasteiger charge is 2.44. The minimum absolute atomic E-state index is 0.0559. The number of rotatable bonds is 0. The molecule has 0 heterocycles. The number of carbonyl (C=O) groups is 2. The van der Waals surface area contributed by atoms with E-state index in [0.717, 1.165) is 0 Å². The number of ketones is 2. The van der Waals surface area contributed by atoms with Crippen LogP contribution in [0.25, 0.3) is 0 Å². The van der Waals surface area contributed by atoms with Gasteiger partial charge in [0.05, 0.1) is 10.1 Å². The second-order valence-corrected chi connectivity index (χ2v) is 5.92. The molecular weight excluding hydrogens is 365 g/mol. The molecular formula is C10H2Cl6O2. The first-order valence-electron chi connectivity index (χ1n) is 4.51. The molecule has 2 atom stereocenters. The number of halogens is 6. The zero-order valence-electron chi connectivity index (χ0n) is 8.24. The van der Waals surface area contributed by atoms with Crippen molar-refractivity contribution in [2.45, 2.75) is 10.8 Å². The number of hydrogen-bond acceptors (Lipinski definition) is 2. The van der Waals surface area contributed by atoms with Crippen molar-refractivity contribution < 1.29 is 9.59 Å². The average molecular weight is 367 g/mol. The Labute approximate surface area is 132 Å². The summed E-state index contributed by atoms with van der Waals surface area (Å²) in [6, 6.07) is 0. The third kappa shape index (κ3) is 1.94. The van der Waals surface area contributed by atoms with Crippen LogP contribution in [0.4, 0.5) is 0 Å². The van der Waals surface area contributed by atoms with E-state index in [4.69, 9.17) is 69.6 Å². The fourth-order valence-corrected chi connectivity index (χ4v) is 3.59. The van der Waals surface area contributed by atoms with Crippen LogP contribution in [0, 0.1) is 0 Å². The maximum absolute atomic E-state index is 11.6. The second kappa shape index (κ2) is 5.01. The summed E-state index contributed by atoms with van der Waals surface area (Å²) in [4.78, 5) is 23.2. The molecule has 0 radical (unpaired) electrons. The fraction of sp³-hybridized carbons (Fsp3) is 0.200. The van der Waals surface area contributed by atoms with Crippen LogP contribution in [0.5, 0.6) is 0 Å². The second-order valence-electron chi connectivity index (χ2n) is 3.54. The highest BCUT2D eigenvalue weighted by molar-refractivity contribution is 6.60. The Balaban J connectivity index is 2.71. The molecule has 0 bridgehead atoms. The van der Waals surface area contributed by atoms with Crippen LogP contribution in [0.2, 0.25) is 0 Å². The third-order valence-corrected chi connectivity index (χ3v) is 5.11. The Hall–Kier alpha value is 0.300. The molecule has 0 saturated carbocycles. The molecule has 96 valence electrons. The van der Waals surface area contributed by atoms with Crippen molar-refractivity contribution in [2.24, 2.45) is 0 Å². The number of hydrogen-bond donors (Lipinski definition) is 0. The summed E-state index contributed by atoms with van der Waals surface area (Å²) in [7, 11) is 0. The largest absolute Gasteiger partial charge is 0.291 e. The van der Waals surface area contributed by atoms with Gasteiger partial charge in [-0.1, -0.05) is 46.4 Å². The van der Waals surface area contributed by atoms with Gasteiger partial charge in [0.15, 0.2) is 11.6 Å². The molecule has 2 aliphatic rings. The van der Waals surface area contributed by atoms with Crippen molar-refractivity contribution >= 4 is 81.2 Å². The van der Waals surface area contributed by atoms with Crippen molar-refractivity contribution in [3.8, 4) is 0 Å².